The van der Waals surface area contributed by atoms with Crippen LogP contribution in [0.2, 0.25) is 0 Å². The minimum absolute atomic E-state index is 0.103. The van der Waals surface area contributed by atoms with Crippen molar-refractivity contribution >= 4 is 11.9 Å². The van der Waals surface area contributed by atoms with Crippen molar-refractivity contribution in [2.45, 2.75) is 6.61 Å². The third-order valence-electron chi connectivity index (χ3n) is 4.10. The summed E-state index contributed by atoms with van der Waals surface area (Å²) in [5.41, 5.74) is 1.91. The lowest BCUT2D eigenvalue weighted by molar-refractivity contribution is 0.104. The molecule has 3 aromatic rings. The molecule has 2 N–H and O–H groups in total. The molecular formula is C23H20O5. The van der Waals surface area contributed by atoms with Crippen LogP contribution in [0.3, 0.4) is 0 Å². The number of rotatable bonds is 7. The first-order valence-electron chi connectivity index (χ1n) is 8.66. The van der Waals surface area contributed by atoms with E-state index in [-0.39, 0.29) is 22.8 Å². The van der Waals surface area contributed by atoms with Crippen molar-refractivity contribution < 1.29 is 24.5 Å². The predicted octanol–water partition coefficient (Wildman–Crippen LogP) is 4.58. The van der Waals surface area contributed by atoms with Gasteiger partial charge in [-0.05, 0) is 41.5 Å². The molecule has 5 heteroatoms. The average Bonchev–Trinajstić information content (AvgIpc) is 2.71. The summed E-state index contributed by atoms with van der Waals surface area (Å²) >= 11 is 0. The molecule has 0 unspecified atom stereocenters. The van der Waals surface area contributed by atoms with Gasteiger partial charge in [0.05, 0.1) is 12.7 Å². The Morgan fingerprint density at radius 2 is 1.75 bits per heavy atom. The first-order chi connectivity index (χ1) is 13.6. The first-order valence-corrected chi connectivity index (χ1v) is 8.66. The Bertz CT molecular complexity index is 993. The van der Waals surface area contributed by atoms with E-state index in [4.69, 9.17) is 9.47 Å². The summed E-state index contributed by atoms with van der Waals surface area (Å²) in [4.78, 5) is 12.2. The van der Waals surface area contributed by atoms with Gasteiger partial charge in [-0.2, -0.15) is 0 Å². The number of carbonyl (C=O) groups excluding carboxylic acids is 1. The average molecular weight is 376 g/mol. The Morgan fingerprint density at radius 1 is 0.964 bits per heavy atom. The fourth-order valence-corrected chi connectivity index (χ4v) is 2.63. The first kappa shape index (κ1) is 19.0. The smallest absolute Gasteiger partial charge is 0.189 e. The third-order valence-corrected chi connectivity index (χ3v) is 4.10. The zero-order valence-electron chi connectivity index (χ0n) is 15.3. The van der Waals surface area contributed by atoms with Gasteiger partial charge in [0.15, 0.2) is 17.3 Å². The molecule has 0 spiro atoms. The molecule has 0 atom stereocenters. The lowest BCUT2D eigenvalue weighted by Crippen LogP contribution is -1.98. The van der Waals surface area contributed by atoms with Crippen LogP contribution in [0.15, 0.2) is 72.8 Å². The number of ether oxygens (including phenoxy) is 2. The maximum absolute atomic E-state index is 12.2. The van der Waals surface area contributed by atoms with E-state index in [1.807, 2.05) is 36.4 Å². The number of hydrogen-bond donors (Lipinski definition) is 2. The molecule has 0 aliphatic carbocycles. The van der Waals surface area contributed by atoms with Crippen molar-refractivity contribution in [1.29, 1.82) is 0 Å². The van der Waals surface area contributed by atoms with E-state index in [2.05, 4.69) is 0 Å². The maximum atomic E-state index is 12.2. The van der Waals surface area contributed by atoms with Crippen LogP contribution in [-0.2, 0) is 6.61 Å². The molecule has 5 nitrogen and oxygen atoms in total. The predicted molar refractivity (Wildman–Crippen MR) is 107 cm³/mol. The monoisotopic (exact) mass is 376 g/mol. The van der Waals surface area contributed by atoms with E-state index in [0.717, 1.165) is 17.2 Å². The van der Waals surface area contributed by atoms with Crippen LogP contribution in [-0.4, -0.2) is 23.1 Å². The van der Waals surface area contributed by atoms with Gasteiger partial charge in [0, 0.05) is 6.07 Å². The molecule has 3 rings (SSSR count). The Hall–Kier alpha value is -3.73. The number of phenolic OH excluding ortho intramolecular Hbond substituents is 2. The van der Waals surface area contributed by atoms with Gasteiger partial charge < -0.3 is 19.7 Å². The molecular weight excluding hydrogens is 356 g/mol. The van der Waals surface area contributed by atoms with Crippen molar-refractivity contribution in [2.75, 3.05) is 7.11 Å². The number of benzene rings is 3. The Balaban J connectivity index is 1.72. The second kappa shape index (κ2) is 8.77. The van der Waals surface area contributed by atoms with E-state index < -0.39 is 0 Å². The van der Waals surface area contributed by atoms with Crippen molar-refractivity contribution in [2.24, 2.45) is 0 Å². The lowest BCUT2D eigenvalue weighted by atomic mass is 10.1. The Labute approximate surface area is 163 Å². The van der Waals surface area contributed by atoms with Gasteiger partial charge in [-0.3, -0.25) is 4.79 Å². The van der Waals surface area contributed by atoms with Crippen molar-refractivity contribution in [3.8, 4) is 23.0 Å². The quantitative estimate of drug-likeness (QED) is 0.466. The number of ketones is 1. The zero-order valence-corrected chi connectivity index (χ0v) is 15.3. The van der Waals surface area contributed by atoms with E-state index >= 15 is 0 Å². The van der Waals surface area contributed by atoms with Crippen LogP contribution in [0.25, 0.3) is 6.08 Å². The summed E-state index contributed by atoms with van der Waals surface area (Å²) in [6.07, 6.45) is 2.98. The van der Waals surface area contributed by atoms with Gasteiger partial charge in [0.25, 0.3) is 0 Å². The molecule has 0 heterocycles. The van der Waals surface area contributed by atoms with Gasteiger partial charge in [-0.15, -0.1) is 0 Å². The number of methoxy groups -OCH3 is 1. The van der Waals surface area contributed by atoms with Gasteiger partial charge in [0.2, 0.25) is 0 Å². The maximum Gasteiger partial charge on any atom is 0.189 e. The molecule has 0 fully saturated rings. The van der Waals surface area contributed by atoms with Crippen molar-refractivity contribution in [1.82, 2.24) is 0 Å². The lowest BCUT2D eigenvalue weighted by Gasteiger charge is -2.11. The molecule has 0 aliphatic rings. The van der Waals surface area contributed by atoms with E-state index in [9.17, 15) is 15.0 Å². The Kier molecular flexibility index (Phi) is 5.97. The van der Waals surface area contributed by atoms with Crippen LogP contribution in [0.5, 0.6) is 23.0 Å². The largest absolute Gasteiger partial charge is 0.508 e. The summed E-state index contributed by atoms with van der Waals surface area (Å²) in [6.45, 7) is 0.422. The summed E-state index contributed by atoms with van der Waals surface area (Å²) in [6, 6.07) is 19.0. The highest BCUT2D eigenvalue weighted by Crippen LogP contribution is 2.29. The summed E-state index contributed by atoms with van der Waals surface area (Å²) in [5.74, 6) is 0.413. The van der Waals surface area contributed by atoms with Gasteiger partial charge >= 0.3 is 0 Å². The number of phenols is 2. The minimum atomic E-state index is -0.374. The molecule has 0 saturated carbocycles. The molecule has 0 aliphatic heterocycles. The number of carbonyl (C=O) groups is 1. The molecule has 0 saturated heterocycles. The second-order valence-corrected chi connectivity index (χ2v) is 6.08. The van der Waals surface area contributed by atoms with Crippen molar-refractivity contribution in [3.05, 3.63) is 89.5 Å². The summed E-state index contributed by atoms with van der Waals surface area (Å²) in [5, 5.41) is 19.1. The summed E-state index contributed by atoms with van der Waals surface area (Å²) < 4.78 is 11.2. The molecule has 0 aromatic heterocycles. The van der Waals surface area contributed by atoms with Gasteiger partial charge in [0.1, 0.15) is 18.1 Å². The zero-order chi connectivity index (χ0) is 19.9. The highest BCUT2D eigenvalue weighted by molar-refractivity contribution is 6.08. The molecule has 0 bridgehead atoms. The van der Waals surface area contributed by atoms with Crippen LogP contribution in [0, 0.1) is 0 Å². The third kappa shape index (κ3) is 4.71. The van der Waals surface area contributed by atoms with E-state index in [0.29, 0.717) is 18.1 Å². The molecule has 3 aromatic carbocycles. The SMILES string of the molecule is COc1cc(/C=C/C(=O)c2ccc(O)cc2O)ccc1OCc1ccccc1. The number of aromatic hydroxyl groups is 2. The standard InChI is InChI=1S/C23H20O5/c1-27-23-13-16(7-11-20(25)19-10-9-18(24)14-21(19)26)8-12-22(23)28-15-17-5-3-2-4-6-17/h2-14,24,26H,15H2,1H3/b11-7+. The fourth-order valence-electron chi connectivity index (χ4n) is 2.63. The van der Waals surface area contributed by atoms with Crippen LogP contribution < -0.4 is 9.47 Å². The highest BCUT2D eigenvalue weighted by atomic mass is 16.5. The van der Waals surface area contributed by atoms with E-state index in [1.54, 1.807) is 25.3 Å². The second-order valence-electron chi connectivity index (χ2n) is 6.08. The van der Waals surface area contributed by atoms with Crippen LogP contribution >= 0.6 is 0 Å². The molecule has 28 heavy (non-hydrogen) atoms. The topological polar surface area (TPSA) is 76.0 Å². The molecule has 142 valence electrons. The minimum Gasteiger partial charge on any atom is -0.508 e. The van der Waals surface area contributed by atoms with Gasteiger partial charge in [-0.25, -0.2) is 0 Å². The fraction of sp³-hybridized carbons (Fsp3) is 0.0870. The normalized spacial score (nSPS) is 10.8. The van der Waals surface area contributed by atoms with Crippen LogP contribution in [0.1, 0.15) is 21.5 Å². The van der Waals surface area contributed by atoms with E-state index in [1.165, 1.54) is 18.2 Å². The molecule has 0 amide bonds. The summed E-state index contributed by atoms with van der Waals surface area (Å²) in [7, 11) is 1.55. The number of hydrogen-bond acceptors (Lipinski definition) is 5. The van der Waals surface area contributed by atoms with Gasteiger partial charge in [-0.1, -0.05) is 42.5 Å². The number of allylic oxidation sites excluding steroid dienone is 1. The highest BCUT2D eigenvalue weighted by Gasteiger charge is 2.09. The van der Waals surface area contributed by atoms with Crippen LogP contribution in [0.4, 0.5) is 0 Å². The Morgan fingerprint density at radius 3 is 2.46 bits per heavy atom. The van der Waals surface area contributed by atoms with Crippen molar-refractivity contribution in [3.63, 3.8) is 0 Å². The molecule has 0 radical (unpaired) electrons.